The fourth-order valence-electron chi connectivity index (χ4n) is 3.85. The first-order valence-electron chi connectivity index (χ1n) is 10.6. The first kappa shape index (κ1) is 23.0. The van der Waals surface area contributed by atoms with E-state index in [9.17, 15) is 18.8 Å². The van der Waals surface area contributed by atoms with E-state index in [1.54, 1.807) is 16.5 Å². The number of carbonyl (C=O) groups excluding carboxylic acids is 3. The van der Waals surface area contributed by atoms with Gasteiger partial charge in [0.2, 0.25) is 5.91 Å². The van der Waals surface area contributed by atoms with E-state index >= 15 is 0 Å². The smallest absolute Gasteiger partial charge is 0.322 e. The van der Waals surface area contributed by atoms with Gasteiger partial charge in [-0.25, -0.2) is 14.2 Å². The Kier molecular flexibility index (Phi) is 6.52. The Labute approximate surface area is 194 Å². The highest BCUT2D eigenvalue weighted by Gasteiger charge is 2.35. The molecule has 2 aliphatic heterocycles. The third kappa shape index (κ3) is 4.79. The van der Waals surface area contributed by atoms with E-state index < -0.39 is 18.0 Å². The first-order chi connectivity index (χ1) is 15.8. The Morgan fingerprint density at radius 3 is 2.88 bits per heavy atom. The van der Waals surface area contributed by atoms with E-state index in [0.29, 0.717) is 36.3 Å². The zero-order valence-corrected chi connectivity index (χ0v) is 19.0. The lowest BCUT2D eigenvalue weighted by molar-refractivity contribution is -0.148. The lowest BCUT2D eigenvalue weighted by Gasteiger charge is -2.27. The average molecular weight is 479 g/mol. The minimum atomic E-state index is -0.572. The molecule has 0 spiro atoms. The molecule has 0 bridgehead atoms. The molecule has 1 aromatic carbocycles. The van der Waals surface area contributed by atoms with Crippen molar-refractivity contribution in [2.24, 2.45) is 0 Å². The Hall–Kier alpha value is -3.18. The van der Waals surface area contributed by atoms with E-state index in [2.05, 4.69) is 15.7 Å². The van der Waals surface area contributed by atoms with Crippen LogP contribution in [0.4, 0.5) is 14.9 Å². The molecule has 0 saturated heterocycles. The number of nitrogens with one attached hydrogen (secondary N) is 2. The minimum Gasteiger partial charge on any atom is -0.353 e. The van der Waals surface area contributed by atoms with Crippen LogP contribution in [0.5, 0.6) is 0 Å². The van der Waals surface area contributed by atoms with Gasteiger partial charge in [-0.15, -0.1) is 0 Å². The molecule has 0 radical (unpaired) electrons. The Morgan fingerprint density at radius 2 is 2.15 bits per heavy atom. The predicted molar refractivity (Wildman–Crippen MR) is 117 cm³/mol. The molecule has 2 aromatic rings. The summed E-state index contributed by atoms with van der Waals surface area (Å²) in [5.41, 5.74) is 2.14. The normalized spacial score (nSPS) is 17.8. The van der Waals surface area contributed by atoms with Crippen LogP contribution in [0.1, 0.15) is 35.1 Å². The molecule has 0 aliphatic carbocycles. The van der Waals surface area contributed by atoms with Crippen LogP contribution in [0.15, 0.2) is 18.2 Å². The number of hydroxylamine groups is 2. The Bertz CT molecular complexity index is 1110. The summed E-state index contributed by atoms with van der Waals surface area (Å²) >= 11 is 5.79. The highest BCUT2D eigenvalue weighted by molar-refractivity contribution is 6.31. The Balaban J connectivity index is 1.52. The van der Waals surface area contributed by atoms with E-state index in [-0.39, 0.29) is 36.5 Å². The second-order valence-corrected chi connectivity index (χ2v) is 8.28. The molecule has 0 saturated carbocycles. The maximum absolute atomic E-state index is 13.4. The third-order valence-electron chi connectivity index (χ3n) is 5.58. The largest absolute Gasteiger partial charge is 0.353 e. The Morgan fingerprint density at radius 1 is 1.36 bits per heavy atom. The SMILES string of the molecule is CCC(=O)NCC1Cn2nc3c(c2C(=O)N(C)O1)CN(C(=O)Nc1ccc(F)c(Cl)c1)CC3. The van der Waals surface area contributed by atoms with Crippen LogP contribution in [0.3, 0.4) is 0 Å². The number of amides is 4. The van der Waals surface area contributed by atoms with Crippen LogP contribution in [-0.4, -0.2) is 63.8 Å². The summed E-state index contributed by atoms with van der Waals surface area (Å²) in [5.74, 6) is -1.06. The quantitative estimate of drug-likeness (QED) is 0.700. The van der Waals surface area contributed by atoms with Crippen molar-refractivity contribution < 1.29 is 23.6 Å². The van der Waals surface area contributed by atoms with Crippen LogP contribution in [-0.2, 0) is 29.1 Å². The van der Waals surface area contributed by atoms with Crippen molar-refractivity contribution in [3.05, 3.63) is 46.0 Å². The maximum atomic E-state index is 13.4. The number of halogens is 2. The molecular formula is C21H24ClFN6O4. The van der Waals surface area contributed by atoms with E-state index in [1.165, 1.54) is 25.2 Å². The molecule has 4 rings (SSSR count). The second-order valence-electron chi connectivity index (χ2n) is 7.87. The monoisotopic (exact) mass is 478 g/mol. The molecule has 2 aliphatic rings. The molecule has 176 valence electrons. The molecule has 2 N–H and O–H groups in total. The van der Waals surface area contributed by atoms with Gasteiger partial charge in [0.05, 0.1) is 23.8 Å². The van der Waals surface area contributed by atoms with Gasteiger partial charge in [0.25, 0.3) is 5.91 Å². The van der Waals surface area contributed by atoms with Crippen molar-refractivity contribution in [3.8, 4) is 0 Å². The molecule has 0 fully saturated rings. The van der Waals surface area contributed by atoms with Gasteiger partial charge in [-0.3, -0.25) is 19.1 Å². The predicted octanol–water partition coefficient (Wildman–Crippen LogP) is 2.18. The van der Waals surface area contributed by atoms with Crippen LogP contribution in [0.2, 0.25) is 5.02 Å². The molecule has 10 nitrogen and oxygen atoms in total. The molecule has 1 aromatic heterocycles. The minimum absolute atomic E-state index is 0.0889. The number of carbonyl (C=O) groups is 3. The lowest BCUT2D eigenvalue weighted by atomic mass is 10.1. The van der Waals surface area contributed by atoms with Crippen molar-refractivity contribution in [3.63, 3.8) is 0 Å². The average Bonchev–Trinajstić information content (AvgIpc) is 3.10. The van der Waals surface area contributed by atoms with Gasteiger partial charge in [-0.1, -0.05) is 18.5 Å². The summed E-state index contributed by atoms with van der Waals surface area (Å²) in [6, 6.07) is 3.55. The van der Waals surface area contributed by atoms with Crippen LogP contribution >= 0.6 is 11.6 Å². The number of urea groups is 1. The summed E-state index contributed by atoms with van der Waals surface area (Å²) in [7, 11) is 1.51. The fraction of sp³-hybridized carbons (Fsp3) is 0.429. The highest BCUT2D eigenvalue weighted by Crippen LogP contribution is 2.27. The number of benzene rings is 1. The number of anilines is 1. The number of rotatable bonds is 4. The van der Waals surface area contributed by atoms with Crippen molar-refractivity contribution in [1.29, 1.82) is 0 Å². The summed E-state index contributed by atoms with van der Waals surface area (Å²) in [4.78, 5) is 44.7. The van der Waals surface area contributed by atoms with Gasteiger partial charge in [0.1, 0.15) is 17.6 Å². The van der Waals surface area contributed by atoms with Gasteiger partial charge in [0, 0.05) is 44.2 Å². The number of aromatic nitrogens is 2. The molecular weight excluding hydrogens is 455 g/mol. The first-order valence-corrected chi connectivity index (χ1v) is 11.0. The lowest BCUT2D eigenvalue weighted by Crippen LogP contribution is -2.40. The molecule has 4 amide bonds. The van der Waals surface area contributed by atoms with Crippen molar-refractivity contribution >= 4 is 35.1 Å². The van der Waals surface area contributed by atoms with E-state index in [1.807, 2.05) is 0 Å². The molecule has 12 heteroatoms. The van der Waals surface area contributed by atoms with Gasteiger partial charge in [-0.05, 0) is 18.2 Å². The highest BCUT2D eigenvalue weighted by atomic mass is 35.5. The van der Waals surface area contributed by atoms with Crippen LogP contribution in [0, 0.1) is 5.82 Å². The second kappa shape index (κ2) is 9.36. The zero-order valence-electron chi connectivity index (χ0n) is 18.2. The van der Waals surface area contributed by atoms with Crippen LogP contribution in [0.25, 0.3) is 0 Å². The maximum Gasteiger partial charge on any atom is 0.322 e. The molecule has 1 unspecified atom stereocenters. The third-order valence-corrected chi connectivity index (χ3v) is 5.87. The van der Waals surface area contributed by atoms with E-state index in [0.717, 1.165) is 10.8 Å². The van der Waals surface area contributed by atoms with Gasteiger partial charge in [0.15, 0.2) is 0 Å². The van der Waals surface area contributed by atoms with Crippen molar-refractivity contribution in [2.45, 2.75) is 39.0 Å². The van der Waals surface area contributed by atoms with Crippen molar-refractivity contribution in [1.82, 2.24) is 25.1 Å². The standard InChI is InChI=1S/C21H24ClFN6O4/c1-3-18(30)24-9-13-10-29-19(20(31)27(2)33-13)14-11-28(7-6-17(14)26-29)21(32)25-12-4-5-16(23)15(22)8-12/h4-5,8,13H,3,6-7,9-11H2,1-2H3,(H,24,30)(H,25,32). The summed E-state index contributed by atoms with van der Waals surface area (Å²) in [5, 5.41) is 11.1. The van der Waals surface area contributed by atoms with E-state index in [4.69, 9.17) is 16.4 Å². The summed E-state index contributed by atoms with van der Waals surface area (Å²) in [6.07, 6.45) is 0.354. The topological polar surface area (TPSA) is 109 Å². The number of fused-ring (bicyclic) bond motifs is 3. The van der Waals surface area contributed by atoms with Crippen LogP contribution < -0.4 is 10.6 Å². The number of nitrogens with zero attached hydrogens (tertiary/aromatic N) is 4. The molecule has 33 heavy (non-hydrogen) atoms. The number of hydrogen-bond acceptors (Lipinski definition) is 5. The zero-order chi connectivity index (χ0) is 23.7. The van der Waals surface area contributed by atoms with Gasteiger partial charge < -0.3 is 15.5 Å². The fourth-order valence-corrected chi connectivity index (χ4v) is 4.03. The van der Waals surface area contributed by atoms with Crippen molar-refractivity contribution in [2.75, 3.05) is 25.5 Å². The molecule has 1 atom stereocenters. The van der Waals surface area contributed by atoms with Gasteiger partial charge >= 0.3 is 6.03 Å². The van der Waals surface area contributed by atoms with Gasteiger partial charge in [-0.2, -0.15) is 5.10 Å². The summed E-state index contributed by atoms with van der Waals surface area (Å²) < 4.78 is 15.0. The molecule has 3 heterocycles. The summed E-state index contributed by atoms with van der Waals surface area (Å²) in [6.45, 7) is 2.86. The number of hydrogen-bond donors (Lipinski definition) is 2.